The minimum Gasteiger partial charge on any atom is -0.370 e. The number of para-hydroxylation sites is 1. The number of nitrogens with zero attached hydrogens (tertiary/aromatic N) is 3. The van der Waals surface area contributed by atoms with Gasteiger partial charge in [-0.2, -0.15) is 0 Å². The number of thioether (sulfide) groups is 1. The maximum atomic E-state index is 13.0. The summed E-state index contributed by atoms with van der Waals surface area (Å²) in [6.07, 6.45) is 3.13. The van der Waals surface area contributed by atoms with Crippen LogP contribution >= 0.6 is 11.8 Å². The van der Waals surface area contributed by atoms with Crippen LogP contribution in [-0.4, -0.2) is 48.2 Å². The molecule has 4 rings (SSSR count). The molecule has 29 heavy (non-hydrogen) atoms. The van der Waals surface area contributed by atoms with Gasteiger partial charge in [-0.3, -0.25) is 19.1 Å². The van der Waals surface area contributed by atoms with Crippen LogP contribution in [0.1, 0.15) is 12.1 Å². The van der Waals surface area contributed by atoms with Gasteiger partial charge in [0.15, 0.2) is 0 Å². The van der Waals surface area contributed by atoms with Gasteiger partial charge in [0, 0.05) is 36.5 Å². The lowest BCUT2D eigenvalue weighted by Crippen LogP contribution is -2.26. The smallest absolute Gasteiger partial charge is 0.265 e. The zero-order valence-corrected chi connectivity index (χ0v) is 17.2. The molecule has 8 nitrogen and oxygen atoms in total. The maximum Gasteiger partial charge on any atom is 0.265 e. The minimum absolute atomic E-state index is 0.0296. The number of sulfonamides is 1. The van der Waals surface area contributed by atoms with E-state index in [1.54, 1.807) is 12.1 Å². The molecule has 3 aromatic rings. The fraction of sp³-hybridized carbons (Fsp3) is 0.211. The predicted molar refractivity (Wildman–Crippen MR) is 115 cm³/mol. The maximum absolute atomic E-state index is 13.0. The number of nitrogens with two attached hydrogens (primary N) is 1. The van der Waals surface area contributed by atoms with Crippen LogP contribution in [-0.2, 0) is 14.8 Å². The molecular weight excluding hydrogens is 410 g/mol. The van der Waals surface area contributed by atoms with Crippen molar-refractivity contribution < 1.29 is 13.2 Å². The Bertz CT molecular complexity index is 1210. The molecule has 1 aliphatic heterocycles. The van der Waals surface area contributed by atoms with E-state index in [9.17, 15) is 13.2 Å². The molecule has 1 aliphatic rings. The van der Waals surface area contributed by atoms with Gasteiger partial charge in [0.05, 0.1) is 23.4 Å². The Labute approximate surface area is 172 Å². The molecule has 0 aliphatic carbocycles. The summed E-state index contributed by atoms with van der Waals surface area (Å²) in [7, 11) is -2.24. The predicted octanol–water partition coefficient (Wildman–Crippen LogP) is 2.13. The van der Waals surface area contributed by atoms with Crippen molar-refractivity contribution in [1.29, 1.82) is 0 Å². The first kappa shape index (κ1) is 19.5. The van der Waals surface area contributed by atoms with Crippen molar-refractivity contribution in [2.75, 3.05) is 17.9 Å². The van der Waals surface area contributed by atoms with Crippen molar-refractivity contribution in [1.82, 2.24) is 9.97 Å². The standard InChI is InChI=1S/C19H19N5O3S2/c1-24(29(26,27)14-5-3-7-21-11-14)16-6-2-4-12-8-15(23-18(12)16)19-22-10-13(28-19)9-17(20)25/h2-8,11,13,23H,9-10H2,1H3,(H2,20,25). The molecule has 0 saturated carbocycles. The molecule has 1 amide bonds. The van der Waals surface area contributed by atoms with Crippen molar-refractivity contribution >= 4 is 49.3 Å². The average Bonchev–Trinajstić information content (AvgIpc) is 3.34. The SMILES string of the molecule is CN(c1cccc2cc(C3=NCC(CC(N)=O)S3)[nH]c12)S(=O)(=O)c1cccnc1. The van der Waals surface area contributed by atoms with Crippen molar-refractivity contribution in [3.63, 3.8) is 0 Å². The molecule has 3 N–H and O–H groups in total. The summed E-state index contributed by atoms with van der Waals surface area (Å²) in [5, 5.41) is 1.69. The number of H-pyrrole nitrogens is 1. The first-order chi connectivity index (χ1) is 13.9. The largest absolute Gasteiger partial charge is 0.370 e. The van der Waals surface area contributed by atoms with E-state index >= 15 is 0 Å². The van der Waals surface area contributed by atoms with Gasteiger partial charge in [0.1, 0.15) is 9.94 Å². The molecule has 0 fully saturated rings. The number of fused-ring (bicyclic) bond motifs is 1. The Morgan fingerprint density at radius 3 is 2.90 bits per heavy atom. The Morgan fingerprint density at radius 2 is 2.17 bits per heavy atom. The summed E-state index contributed by atoms with van der Waals surface area (Å²) >= 11 is 1.50. The fourth-order valence-corrected chi connectivity index (χ4v) is 5.47. The van der Waals surface area contributed by atoms with Crippen molar-refractivity contribution in [2.45, 2.75) is 16.6 Å². The van der Waals surface area contributed by atoms with Crippen LogP contribution < -0.4 is 10.0 Å². The third-order valence-corrected chi connectivity index (χ3v) is 7.62. The van der Waals surface area contributed by atoms with Crippen LogP contribution in [0.15, 0.2) is 58.7 Å². The van der Waals surface area contributed by atoms with Crippen LogP contribution in [0.4, 0.5) is 5.69 Å². The third kappa shape index (κ3) is 3.73. The van der Waals surface area contributed by atoms with E-state index < -0.39 is 10.0 Å². The number of carbonyl (C=O) groups is 1. The minimum atomic E-state index is -3.75. The molecule has 1 aromatic carbocycles. The molecule has 0 saturated heterocycles. The molecule has 1 unspecified atom stereocenters. The number of anilines is 1. The highest BCUT2D eigenvalue weighted by Gasteiger charge is 2.26. The van der Waals surface area contributed by atoms with E-state index in [1.807, 2.05) is 18.2 Å². The van der Waals surface area contributed by atoms with E-state index in [0.717, 1.165) is 16.1 Å². The topological polar surface area (TPSA) is 122 Å². The Balaban J connectivity index is 1.68. The summed E-state index contributed by atoms with van der Waals surface area (Å²) in [6.45, 7) is 0.528. The first-order valence-electron chi connectivity index (χ1n) is 8.87. The number of primary amides is 1. The van der Waals surface area contributed by atoms with E-state index in [4.69, 9.17) is 5.73 Å². The summed E-state index contributed by atoms with van der Waals surface area (Å²) in [5.74, 6) is -0.347. The zero-order chi connectivity index (χ0) is 20.6. The van der Waals surface area contributed by atoms with Gasteiger partial charge in [0.2, 0.25) is 5.91 Å². The number of carbonyl (C=O) groups excluding carboxylic acids is 1. The fourth-order valence-electron chi connectivity index (χ4n) is 3.20. The lowest BCUT2D eigenvalue weighted by atomic mass is 10.2. The van der Waals surface area contributed by atoms with Crippen LogP contribution in [0, 0.1) is 0 Å². The molecule has 1 atom stereocenters. The number of hydrogen-bond acceptors (Lipinski definition) is 6. The summed E-state index contributed by atoms with van der Waals surface area (Å²) in [6, 6.07) is 10.5. The van der Waals surface area contributed by atoms with Gasteiger partial charge in [-0.15, -0.1) is 0 Å². The van der Waals surface area contributed by atoms with E-state index in [-0.39, 0.29) is 22.5 Å². The van der Waals surface area contributed by atoms with E-state index in [1.165, 1.54) is 41.6 Å². The van der Waals surface area contributed by atoms with Gasteiger partial charge < -0.3 is 10.7 Å². The lowest BCUT2D eigenvalue weighted by molar-refractivity contribution is -0.117. The van der Waals surface area contributed by atoms with Crippen LogP contribution in [0.25, 0.3) is 10.9 Å². The number of hydrogen-bond donors (Lipinski definition) is 2. The van der Waals surface area contributed by atoms with Crippen molar-refractivity contribution in [3.05, 3.63) is 54.5 Å². The molecule has 0 bridgehead atoms. The van der Waals surface area contributed by atoms with Gasteiger partial charge in [-0.25, -0.2) is 8.42 Å². The first-order valence-corrected chi connectivity index (χ1v) is 11.2. The Hall–Kier alpha value is -2.85. The van der Waals surface area contributed by atoms with Gasteiger partial charge in [0.25, 0.3) is 10.0 Å². The molecule has 10 heteroatoms. The highest BCUT2D eigenvalue weighted by Crippen LogP contribution is 2.33. The number of aliphatic imine (C=N–C) groups is 1. The average molecular weight is 430 g/mol. The number of benzene rings is 1. The quantitative estimate of drug-likeness (QED) is 0.622. The van der Waals surface area contributed by atoms with E-state index in [0.29, 0.717) is 17.7 Å². The summed E-state index contributed by atoms with van der Waals surface area (Å²) in [5.41, 5.74) is 7.29. The number of amides is 1. The van der Waals surface area contributed by atoms with Crippen LogP contribution in [0.3, 0.4) is 0 Å². The molecule has 150 valence electrons. The third-order valence-electron chi connectivity index (χ3n) is 4.64. The van der Waals surface area contributed by atoms with Crippen molar-refractivity contribution in [2.24, 2.45) is 10.7 Å². The zero-order valence-electron chi connectivity index (χ0n) is 15.6. The summed E-state index contributed by atoms with van der Waals surface area (Å²) in [4.78, 5) is 23.0. The van der Waals surface area contributed by atoms with Crippen LogP contribution in [0.5, 0.6) is 0 Å². The normalized spacial score (nSPS) is 16.7. The Morgan fingerprint density at radius 1 is 1.34 bits per heavy atom. The number of aromatic amines is 1. The van der Waals surface area contributed by atoms with Gasteiger partial charge in [-0.1, -0.05) is 23.9 Å². The van der Waals surface area contributed by atoms with Crippen LogP contribution in [0.2, 0.25) is 0 Å². The van der Waals surface area contributed by atoms with Gasteiger partial charge in [-0.05, 0) is 24.3 Å². The highest BCUT2D eigenvalue weighted by molar-refractivity contribution is 8.15. The molecule has 0 radical (unpaired) electrons. The molecular formula is C19H19N5O3S2. The second-order valence-corrected chi connectivity index (χ2v) is 9.90. The second kappa shape index (κ2) is 7.53. The number of aromatic nitrogens is 2. The molecule has 0 spiro atoms. The summed E-state index contributed by atoms with van der Waals surface area (Å²) < 4.78 is 27.2. The molecule has 2 aromatic heterocycles. The van der Waals surface area contributed by atoms with E-state index in [2.05, 4.69) is 15.0 Å². The highest BCUT2D eigenvalue weighted by atomic mass is 32.2. The molecule has 3 heterocycles. The number of nitrogens with one attached hydrogen (secondary N) is 1. The number of pyridine rings is 1. The number of rotatable bonds is 6. The monoisotopic (exact) mass is 429 g/mol. The Kier molecular flexibility index (Phi) is 5.05. The lowest BCUT2D eigenvalue weighted by Gasteiger charge is -2.20. The van der Waals surface area contributed by atoms with Gasteiger partial charge >= 0.3 is 0 Å². The van der Waals surface area contributed by atoms with Crippen molar-refractivity contribution in [3.8, 4) is 0 Å². The second-order valence-electron chi connectivity index (χ2n) is 6.64.